The fourth-order valence-electron chi connectivity index (χ4n) is 2.78. The first-order valence-electron chi connectivity index (χ1n) is 7.39. The number of nitrogens with zero attached hydrogens (tertiary/aromatic N) is 2. The van der Waals surface area contributed by atoms with Crippen LogP contribution in [0.2, 0.25) is 0 Å². The third kappa shape index (κ3) is 3.12. The van der Waals surface area contributed by atoms with E-state index in [0.717, 1.165) is 18.2 Å². The first-order valence-corrected chi connectivity index (χ1v) is 7.39. The van der Waals surface area contributed by atoms with E-state index in [9.17, 15) is 4.79 Å². The molecular weight excluding hydrogens is 268 g/mol. The number of hydrogen-bond acceptors (Lipinski definition) is 4. The van der Waals surface area contributed by atoms with E-state index in [4.69, 9.17) is 9.84 Å². The average molecular weight is 286 g/mol. The van der Waals surface area contributed by atoms with Crippen LogP contribution in [0.3, 0.4) is 0 Å². The van der Waals surface area contributed by atoms with Crippen molar-refractivity contribution in [2.75, 3.05) is 0 Å². The maximum absolute atomic E-state index is 11.0. The summed E-state index contributed by atoms with van der Waals surface area (Å²) >= 11 is 0. The highest BCUT2D eigenvalue weighted by atomic mass is 16.5. The minimum Gasteiger partial charge on any atom is -0.478 e. The van der Waals surface area contributed by atoms with Crippen LogP contribution < -0.4 is 4.74 Å². The summed E-state index contributed by atoms with van der Waals surface area (Å²) in [5, 5.41) is 9.80. The van der Waals surface area contributed by atoms with Gasteiger partial charge < -0.3 is 9.84 Å². The van der Waals surface area contributed by atoms with E-state index in [1.165, 1.54) is 32.0 Å². The Morgan fingerprint density at radius 3 is 2.62 bits per heavy atom. The van der Waals surface area contributed by atoms with Crippen molar-refractivity contribution >= 4 is 16.9 Å². The first-order chi connectivity index (χ1) is 10.2. The first kappa shape index (κ1) is 13.8. The number of aromatic nitrogens is 2. The number of ether oxygens (including phenoxy) is 1. The highest BCUT2D eigenvalue weighted by Gasteiger charge is 2.16. The normalized spacial score (nSPS) is 16.6. The van der Waals surface area contributed by atoms with Gasteiger partial charge in [-0.2, -0.15) is 0 Å². The Hall–Kier alpha value is -2.17. The number of benzene rings is 1. The largest absolute Gasteiger partial charge is 0.478 e. The highest BCUT2D eigenvalue weighted by Crippen LogP contribution is 2.27. The molecule has 0 atom stereocenters. The zero-order valence-electron chi connectivity index (χ0n) is 11.8. The number of hydrogen-bond donors (Lipinski definition) is 1. The molecule has 0 spiro atoms. The third-order valence-electron chi connectivity index (χ3n) is 3.93. The van der Waals surface area contributed by atoms with Gasteiger partial charge in [0.2, 0.25) is 5.88 Å². The SMILES string of the molecule is O=C(O)c1ccc2c(OC3CCCCCC3)ncnc2c1. The Morgan fingerprint density at radius 2 is 1.90 bits per heavy atom. The van der Waals surface area contributed by atoms with E-state index >= 15 is 0 Å². The zero-order valence-corrected chi connectivity index (χ0v) is 11.8. The summed E-state index contributed by atoms with van der Waals surface area (Å²) in [5.41, 5.74) is 0.829. The van der Waals surface area contributed by atoms with Gasteiger partial charge in [-0.25, -0.2) is 14.8 Å². The molecule has 21 heavy (non-hydrogen) atoms. The number of aromatic carboxylic acids is 1. The van der Waals surface area contributed by atoms with E-state index in [-0.39, 0.29) is 11.7 Å². The van der Waals surface area contributed by atoms with Gasteiger partial charge in [0.1, 0.15) is 12.4 Å². The molecule has 0 radical (unpaired) electrons. The molecule has 1 fully saturated rings. The molecule has 1 saturated carbocycles. The molecule has 0 aliphatic heterocycles. The number of carbonyl (C=O) groups is 1. The Bertz CT molecular complexity index is 649. The van der Waals surface area contributed by atoms with Crippen LogP contribution in [0.15, 0.2) is 24.5 Å². The predicted octanol–water partition coefficient (Wildman–Crippen LogP) is 3.43. The smallest absolute Gasteiger partial charge is 0.335 e. The molecule has 1 aliphatic rings. The lowest BCUT2D eigenvalue weighted by molar-refractivity contribution is 0.0697. The lowest BCUT2D eigenvalue weighted by Crippen LogP contribution is -2.16. The van der Waals surface area contributed by atoms with Gasteiger partial charge >= 0.3 is 5.97 Å². The number of rotatable bonds is 3. The van der Waals surface area contributed by atoms with Crippen molar-refractivity contribution in [3.8, 4) is 5.88 Å². The van der Waals surface area contributed by atoms with Crippen LogP contribution in [0, 0.1) is 0 Å². The average Bonchev–Trinajstić information content (AvgIpc) is 2.75. The van der Waals surface area contributed by atoms with Crippen LogP contribution in [-0.4, -0.2) is 27.1 Å². The van der Waals surface area contributed by atoms with Gasteiger partial charge in [-0.05, 0) is 43.9 Å². The van der Waals surface area contributed by atoms with Gasteiger partial charge in [-0.3, -0.25) is 0 Å². The Kier molecular flexibility index (Phi) is 3.99. The van der Waals surface area contributed by atoms with E-state index in [1.54, 1.807) is 18.2 Å². The minimum atomic E-state index is -0.957. The molecule has 110 valence electrons. The lowest BCUT2D eigenvalue weighted by atomic mass is 10.1. The summed E-state index contributed by atoms with van der Waals surface area (Å²) in [7, 11) is 0. The van der Waals surface area contributed by atoms with E-state index in [0.29, 0.717) is 11.4 Å². The predicted molar refractivity (Wildman–Crippen MR) is 78.6 cm³/mol. The molecule has 0 amide bonds. The fraction of sp³-hybridized carbons (Fsp3) is 0.438. The number of carboxylic acid groups (broad SMARTS) is 1. The van der Waals surface area contributed by atoms with Gasteiger partial charge in [0.25, 0.3) is 0 Å². The molecule has 0 bridgehead atoms. The van der Waals surface area contributed by atoms with Crippen LogP contribution in [0.4, 0.5) is 0 Å². The Balaban J connectivity index is 1.89. The van der Waals surface area contributed by atoms with E-state index in [2.05, 4.69) is 9.97 Å². The summed E-state index contributed by atoms with van der Waals surface area (Å²) in [6.45, 7) is 0. The van der Waals surface area contributed by atoms with Crippen molar-refractivity contribution in [3.05, 3.63) is 30.1 Å². The quantitative estimate of drug-likeness (QED) is 0.875. The third-order valence-corrected chi connectivity index (χ3v) is 3.93. The minimum absolute atomic E-state index is 0.199. The molecule has 5 heteroatoms. The summed E-state index contributed by atoms with van der Waals surface area (Å²) < 4.78 is 6.05. The van der Waals surface area contributed by atoms with Crippen molar-refractivity contribution in [1.82, 2.24) is 9.97 Å². The summed E-state index contributed by atoms with van der Waals surface area (Å²) in [4.78, 5) is 19.4. The van der Waals surface area contributed by atoms with Crippen LogP contribution in [0.25, 0.3) is 10.9 Å². The van der Waals surface area contributed by atoms with Crippen LogP contribution in [0.1, 0.15) is 48.9 Å². The Morgan fingerprint density at radius 1 is 1.14 bits per heavy atom. The number of carboxylic acids is 1. The number of fused-ring (bicyclic) bond motifs is 1. The van der Waals surface area contributed by atoms with Crippen molar-refractivity contribution < 1.29 is 14.6 Å². The van der Waals surface area contributed by atoms with Crippen LogP contribution in [-0.2, 0) is 0 Å². The molecule has 1 aromatic carbocycles. The monoisotopic (exact) mass is 286 g/mol. The fourth-order valence-corrected chi connectivity index (χ4v) is 2.78. The molecule has 1 heterocycles. The molecule has 0 unspecified atom stereocenters. The van der Waals surface area contributed by atoms with Gasteiger partial charge in [0.15, 0.2) is 0 Å². The maximum Gasteiger partial charge on any atom is 0.335 e. The van der Waals surface area contributed by atoms with Gasteiger partial charge in [0.05, 0.1) is 16.5 Å². The summed E-state index contributed by atoms with van der Waals surface area (Å²) in [6.07, 6.45) is 8.66. The van der Waals surface area contributed by atoms with Crippen molar-refractivity contribution in [2.24, 2.45) is 0 Å². The Labute approximate surface area is 123 Å². The van der Waals surface area contributed by atoms with Gasteiger partial charge in [-0.1, -0.05) is 12.8 Å². The van der Waals surface area contributed by atoms with E-state index in [1.807, 2.05) is 0 Å². The molecule has 1 aromatic heterocycles. The van der Waals surface area contributed by atoms with Crippen molar-refractivity contribution in [3.63, 3.8) is 0 Å². The second kappa shape index (κ2) is 6.08. The second-order valence-corrected chi connectivity index (χ2v) is 5.45. The molecular formula is C16H18N2O3. The van der Waals surface area contributed by atoms with Crippen LogP contribution in [0.5, 0.6) is 5.88 Å². The molecule has 3 rings (SSSR count). The standard InChI is InChI=1S/C16H18N2O3/c19-16(20)11-7-8-13-14(9-11)17-10-18-15(13)21-12-5-3-1-2-4-6-12/h7-10,12H,1-6H2,(H,19,20). The van der Waals surface area contributed by atoms with Crippen molar-refractivity contribution in [2.45, 2.75) is 44.6 Å². The molecule has 1 N–H and O–H groups in total. The summed E-state index contributed by atoms with van der Waals surface area (Å²) in [6, 6.07) is 4.85. The maximum atomic E-state index is 11.0. The lowest BCUT2D eigenvalue weighted by Gasteiger charge is -2.17. The van der Waals surface area contributed by atoms with Gasteiger partial charge in [-0.15, -0.1) is 0 Å². The molecule has 5 nitrogen and oxygen atoms in total. The molecule has 2 aromatic rings. The second-order valence-electron chi connectivity index (χ2n) is 5.45. The molecule has 1 aliphatic carbocycles. The summed E-state index contributed by atoms with van der Waals surface area (Å²) in [5.74, 6) is -0.398. The highest BCUT2D eigenvalue weighted by molar-refractivity contribution is 5.94. The van der Waals surface area contributed by atoms with Crippen molar-refractivity contribution in [1.29, 1.82) is 0 Å². The topological polar surface area (TPSA) is 72.3 Å². The molecule has 0 saturated heterocycles. The van der Waals surface area contributed by atoms with E-state index < -0.39 is 5.97 Å². The van der Waals surface area contributed by atoms with Gasteiger partial charge in [0, 0.05) is 0 Å². The van der Waals surface area contributed by atoms with Crippen LogP contribution >= 0.6 is 0 Å². The zero-order chi connectivity index (χ0) is 14.7.